The average Bonchev–Trinajstić information content (AvgIpc) is 2.45. The quantitative estimate of drug-likeness (QED) is 0.840. The van der Waals surface area contributed by atoms with E-state index in [9.17, 15) is 0 Å². The first-order valence-electron chi connectivity index (χ1n) is 5.11. The van der Waals surface area contributed by atoms with E-state index >= 15 is 0 Å². The summed E-state index contributed by atoms with van der Waals surface area (Å²) in [4.78, 5) is 0. The van der Waals surface area contributed by atoms with Crippen molar-refractivity contribution < 1.29 is 4.74 Å². The number of hydrogen-bond acceptors (Lipinski definition) is 3. The number of nitrogens with two attached hydrogens (primary N) is 1. The Kier molecular flexibility index (Phi) is 2.56. The molecule has 0 radical (unpaired) electrons. The molecule has 1 aromatic carbocycles. The second-order valence-electron chi connectivity index (χ2n) is 3.85. The molecule has 0 fully saturated rings. The second-order valence-corrected chi connectivity index (χ2v) is 3.85. The highest BCUT2D eigenvalue weighted by Gasteiger charge is 2.11. The summed E-state index contributed by atoms with van der Waals surface area (Å²) in [7, 11) is 1.81. The standard InChI is InChI=1S/C12H15N3O/c1-8-5-4-6-10(7-8)16-12-11(13)9(2)14-15(12)3/h4-7H,13H2,1-3H3. The zero-order chi connectivity index (χ0) is 11.7. The van der Waals surface area contributed by atoms with Crippen molar-refractivity contribution in [3.63, 3.8) is 0 Å². The molecule has 84 valence electrons. The Morgan fingerprint density at radius 1 is 1.31 bits per heavy atom. The van der Waals surface area contributed by atoms with E-state index in [0.717, 1.165) is 17.0 Å². The molecule has 1 aromatic heterocycles. The van der Waals surface area contributed by atoms with Crippen LogP contribution in [0.5, 0.6) is 11.6 Å². The number of hydrogen-bond donors (Lipinski definition) is 1. The molecule has 0 aliphatic carbocycles. The Bertz CT molecular complexity index is 517. The minimum absolute atomic E-state index is 0.586. The zero-order valence-corrected chi connectivity index (χ0v) is 9.69. The van der Waals surface area contributed by atoms with Crippen LogP contribution in [0, 0.1) is 13.8 Å². The van der Waals surface area contributed by atoms with E-state index in [1.54, 1.807) is 4.68 Å². The second kappa shape index (κ2) is 3.89. The van der Waals surface area contributed by atoms with E-state index in [1.807, 2.05) is 45.2 Å². The summed E-state index contributed by atoms with van der Waals surface area (Å²) in [5.41, 5.74) is 8.40. The molecule has 2 aromatic rings. The summed E-state index contributed by atoms with van der Waals surface area (Å²) >= 11 is 0. The van der Waals surface area contributed by atoms with Crippen LogP contribution in [0.4, 0.5) is 5.69 Å². The molecule has 1 heterocycles. The van der Waals surface area contributed by atoms with Gasteiger partial charge in [0.1, 0.15) is 11.4 Å². The number of aromatic nitrogens is 2. The molecule has 0 aliphatic heterocycles. The molecule has 0 unspecified atom stereocenters. The summed E-state index contributed by atoms with van der Waals surface area (Å²) < 4.78 is 7.36. The number of ether oxygens (including phenoxy) is 1. The fourth-order valence-electron chi connectivity index (χ4n) is 1.56. The van der Waals surface area contributed by atoms with Crippen molar-refractivity contribution in [1.82, 2.24) is 9.78 Å². The minimum atomic E-state index is 0.586. The molecule has 0 aliphatic rings. The molecule has 2 rings (SSSR count). The van der Waals surface area contributed by atoms with Crippen molar-refractivity contribution in [2.24, 2.45) is 7.05 Å². The van der Waals surface area contributed by atoms with E-state index in [-0.39, 0.29) is 0 Å². The first kappa shape index (κ1) is 10.5. The van der Waals surface area contributed by atoms with Crippen LogP contribution in [-0.4, -0.2) is 9.78 Å². The molecule has 0 amide bonds. The van der Waals surface area contributed by atoms with E-state index in [1.165, 1.54) is 0 Å². The van der Waals surface area contributed by atoms with Gasteiger partial charge in [-0.05, 0) is 31.5 Å². The summed E-state index contributed by atoms with van der Waals surface area (Å²) in [6, 6.07) is 7.82. The molecular formula is C12H15N3O. The maximum Gasteiger partial charge on any atom is 0.241 e. The van der Waals surface area contributed by atoms with Gasteiger partial charge in [-0.3, -0.25) is 0 Å². The third-order valence-corrected chi connectivity index (χ3v) is 2.42. The number of benzene rings is 1. The van der Waals surface area contributed by atoms with Gasteiger partial charge >= 0.3 is 0 Å². The van der Waals surface area contributed by atoms with E-state index in [2.05, 4.69) is 5.10 Å². The molecule has 0 atom stereocenters. The predicted octanol–water partition coefficient (Wildman–Crippen LogP) is 2.41. The lowest BCUT2D eigenvalue weighted by Gasteiger charge is -2.07. The number of rotatable bonds is 2. The maximum atomic E-state index is 5.88. The lowest BCUT2D eigenvalue weighted by molar-refractivity contribution is 0.432. The highest BCUT2D eigenvalue weighted by atomic mass is 16.5. The van der Waals surface area contributed by atoms with Crippen molar-refractivity contribution in [1.29, 1.82) is 0 Å². The lowest BCUT2D eigenvalue weighted by atomic mass is 10.2. The van der Waals surface area contributed by atoms with Crippen molar-refractivity contribution in [3.05, 3.63) is 35.5 Å². The summed E-state index contributed by atoms with van der Waals surface area (Å²) in [5.74, 6) is 1.36. The van der Waals surface area contributed by atoms with Crippen molar-refractivity contribution >= 4 is 5.69 Å². The topological polar surface area (TPSA) is 53.1 Å². The van der Waals surface area contributed by atoms with Gasteiger partial charge in [-0.2, -0.15) is 5.10 Å². The number of nitrogen functional groups attached to an aromatic ring is 1. The summed E-state index contributed by atoms with van der Waals surface area (Å²) in [6.07, 6.45) is 0. The average molecular weight is 217 g/mol. The van der Waals surface area contributed by atoms with Gasteiger partial charge in [0.25, 0.3) is 0 Å². The Morgan fingerprint density at radius 3 is 2.62 bits per heavy atom. The Balaban J connectivity index is 2.34. The van der Waals surface area contributed by atoms with Gasteiger partial charge < -0.3 is 10.5 Å². The van der Waals surface area contributed by atoms with Crippen LogP contribution in [0.15, 0.2) is 24.3 Å². The van der Waals surface area contributed by atoms with Crippen molar-refractivity contribution in [2.45, 2.75) is 13.8 Å². The van der Waals surface area contributed by atoms with Gasteiger partial charge in [-0.15, -0.1) is 0 Å². The van der Waals surface area contributed by atoms with Crippen LogP contribution in [0.3, 0.4) is 0 Å². The van der Waals surface area contributed by atoms with E-state index in [4.69, 9.17) is 10.5 Å². The number of anilines is 1. The molecule has 4 nitrogen and oxygen atoms in total. The molecule has 0 spiro atoms. The Labute approximate surface area is 94.6 Å². The smallest absolute Gasteiger partial charge is 0.241 e. The maximum absolute atomic E-state index is 5.88. The SMILES string of the molecule is Cc1cccc(Oc2c(N)c(C)nn2C)c1. The highest BCUT2D eigenvalue weighted by Crippen LogP contribution is 2.29. The van der Waals surface area contributed by atoms with Gasteiger partial charge in [0.15, 0.2) is 0 Å². The highest BCUT2D eigenvalue weighted by molar-refractivity contribution is 5.53. The number of nitrogens with zero attached hydrogens (tertiary/aromatic N) is 2. The molecule has 16 heavy (non-hydrogen) atoms. The summed E-state index contributed by atoms with van der Waals surface area (Å²) in [6.45, 7) is 3.88. The van der Waals surface area contributed by atoms with Crippen LogP contribution in [0.2, 0.25) is 0 Å². The Hall–Kier alpha value is -1.97. The zero-order valence-electron chi connectivity index (χ0n) is 9.69. The van der Waals surface area contributed by atoms with Crippen LogP contribution in [0.1, 0.15) is 11.3 Å². The molecule has 0 bridgehead atoms. The fourth-order valence-corrected chi connectivity index (χ4v) is 1.56. The number of aryl methyl sites for hydroxylation is 3. The fraction of sp³-hybridized carbons (Fsp3) is 0.250. The van der Waals surface area contributed by atoms with Gasteiger partial charge in [0.05, 0.1) is 5.69 Å². The van der Waals surface area contributed by atoms with Crippen molar-refractivity contribution in [2.75, 3.05) is 5.73 Å². The molecular weight excluding hydrogens is 202 g/mol. The van der Waals surface area contributed by atoms with Gasteiger partial charge in [0.2, 0.25) is 5.88 Å². The van der Waals surface area contributed by atoms with Crippen LogP contribution < -0.4 is 10.5 Å². The summed E-state index contributed by atoms with van der Waals surface area (Å²) in [5, 5.41) is 4.20. The van der Waals surface area contributed by atoms with Gasteiger partial charge in [-0.25, -0.2) is 4.68 Å². The monoisotopic (exact) mass is 217 g/mol. The van der Waals surface area contributed by atoms with Crippen molar-refractivity contribution in [3.8, 4) is 11.6 Å². The van der Waals surface area contributed by atoms with Crippen LogP contribution >= 0.6 is 0 Å². The molecule has 4 heteroatoms. The van der Waals surface area contributed by atoms with Gasteiger partial charge in [-0.1, -0.05) is 12.1 Å². The normalized spacial score (nSPS) is 10.4. The van der Waals surface area contributed by atoms with E-state index < -0.39 is 0 Å². The van der Waals surface area contributed by atoms with Crippen LogP contribution in [0.25, 0.3) is 0 Å². The lowest BCUT2D eigenvalue weighted by Crippen LogP contribution is -1.97. The largest absolute Gasteiger partial charge is 0.437 e. The first-order chi connectivity index (χ1) is 7.58. The Morgan fingerprint density at radius 2 is 2.06 bits per heavy atom. The molecule has 0 saturated heterocycles. The third-order valence-electron chi connectivity index (χ3n) is 2.42. The third kappa shape index (κ3) is 1.86. The predicted molar refractivity (Wildman–Crippen MR) is 63.6 cm³/mol. The molecule has 2 N–H and O–H groups in total. The van der Waals surface area contributed by atoms with Gasteiger partial charge in [0, 0.05) is 7.05 Å². The van der Waals surface area contributed by atoms with Crippen LogP contribution in [-0.2, 0) is 7.05 Å². The first-order valence-corrected chi connectivity index (χ1v) is 5.11. The minimum Gasteiger partial charge on any atom is -0.437 e. The van der Waals surface area contributed by atoms with E-state index in [0.29, 0.717) is 11.6 Å². The molecule has 0 saturated carbocycles.